The van der Waals surface area contributed by atoms with Crippen LogP contribution in [0.25, 0.3) is 0 Å². The zero-order valence-electron chi connectivity index (χ0n) is 10.4. The van der Waals surface area contributed by atoms with Crippen molar-refractivity contribution in [2.24, 2.45) is 5.73 Å². The van der Waals surface area contributed by atoms with Gasteiger partial charge in [0.25, 0.3) is 5.91 Å². The van der Waals surface area contributed by atoms with Crippen molar-refractivity contribution >= 4 is 17.5 Å². The summed E-state index contributed by atoms with van der Waals surface area (Å²) in [5, 5.41) is 10.4. The van der Waals surface area contributed by atoms with Crippen molar-refractivity contribution in [3.05, 3.63) is 34.6 Å². The Labute approximate surface area is 116 Å². The molecule has 1 atom stereocenters. The van der Waals surface area contributed by atoms with Gasteiger partial charge in [-0.2, -0.15) is 0 Å². The van der Waals surface area contributed by atoms with Crippen molar-refractivity contribution in [3.63, 3.8) is 0 Å². The number of nitrogens with two attached hydrogens (primary N) is 1. The molecule has 2 rings (SSSR count). The van der Waals surface area contributed by atoms with Gasteiger partial charge in [-0.15, -0.1) is 0 Å². The summed E-state index contributed by atoms with van der Waals surface area (Å²) >= 11 is 5.96. The third-order valence-electron chi connectivity index (χ3n) is 3.42. The molecule has 1 heterocycles. The number of aliphatic hydroxyl groups is 1. The van der Waals surface area contributed by atoms with Crippen LogP contribution in [-0.2, 0) is 11.3 Å². The predicted molar refractivity (Wildman–Crippen MR) is 70.1 cm³/mol. The number of halogens is 2. The molecule has 6 heteroatoms. The highest BCUT2D eigenvalue weighted by Crippen LogP contribution is 2.25. The maximum atomic E-state index is 13.0. The quantitative estimate of drug-likeness (QED) is 0.880. The zero-order chi connectivity index (χ0) is 14.0. The van der Waals surface area contributed by atoms with Crippen LogP contribution in [0.2, 0.25) is 5.02 Å². The molecule has 0 spiro atoms. The largest absolute Gasteiger partial charge is 0.379 e. The molecule has 0 radical (unpaired) electrons. The Morgan fingerprint density at radius 3 is 2.95 bits per heavy atom. The molecule has 4 nitrogen and oxygen atoms in total. The van der Waals surface area contributed by atoms with Crippen LogP contribution in [0, 0.1) is 5.82 Å². The number of likely N-dealkylation sites (tertiary alicyclic amines) is 1. The van der Waals surface area contributed by atoms with E-state index in [1.807, 2.05) is 4.90 Å². The van der Waals surface area contributed by atoms with Crippen molar-refractivity contribution in [2.75, 3.05) is 13.1 Å². The van der Waals surface area contributed by atoms with Crippen LogP contribution >= 0.6 is 11.6 Å². The molecule has 19 heavy (non-hydrogen) atoms. The Morgan fingerprint density at radius 2 is 2.32 bits per heavy atom. The smallest absolute Gasteiger partial charge is 0.250 e. The second-order valence-corrected chi connectivity index (χ2v) is 5.35. The standard InChI is InChI=1S/C13H16ClFN2O2/c14-11-6-10(15)3-2-9(11)7-17-5-1-4-13(19,8-17)12(16)18/h2-3,6,19H,1,4-5,7-8H2,(H2,16,18)/t13-/m0/s1. The van der Waals surface area contributed by atoms with Gasteiger partial charge in [0.15, 0.2) is 5.60 Å². The lowest BCUT2D eigenvalue weighted by Gasteiger charge is -2.37. The number of rotatable bonds is 3. The first-order chi connectivity index (χ1) is 8.90. The van der Waals surface area contributed by atoms with Crippen LogP contribution in [0.3, 0.4) is 0 Å². The molecule has 0 saturated carbocycles. The Hall–Kier alpha value is -1.17. The lowest BCUT2D eigenvalue weighted by molar-refractivity contribution is -0.142. The van der Waals surface area contributed by atoms with Gasteiger partial charge in [-0.1, -0.05) is 17.7 Å². The highest BCUT2D eigenvalue weighted by Gasteiger charge is 2.38. The molecule has 0 aromatic heterocycles. The van der Waals surface area contributed by atoms with Gasteiger partial charge in [0, 0.05) is 18.1 Å². The highest BCUT2D eigenvalue weighted by atomic mass is 35.5. The molecular formula is C13H16ClFN2O2. The summed E-state index contributed by atoms with van der Waals surface area (Å²) in [5.41, 5.74) is 4.50. The minimum absolute atomic E-state index is 0.177. The van der Waals surface area contributed by atoms with E-state index < -0.39 is 11.5 Å². The van der Waals surface area contributed by atoms with Gasteiger partial charge in [0.05, 0.1) is 0 Å². The Kier molecular flexibility index (Phi) is 4.08. The number of carbonyl (C=O) groups excluding carboxylic acids is 1. The molecule has 1 aromatic carbocycles. The second-order valence-electron chi connectivity index (χ2n) is 4.95. The van der Waals surface area contributed by atoms with Crippen LogP contribution in [0.1, 0.15) is 18.4 Å². The van der Waals surface area contributed by atoms with Crippen LogP contribution in [0.4, 0.5) is 4.39 Å². The minimum atomic E-state index is -1.48. The molecule has 3 N–H and O–H groups in total. The number of hydrogen-bond acceptors (Lipinski definition) is 3. The molecule has 1 aromatic rings. The first-order valence-electron chi connectivity index (χ1n) is 6.09. The van der Waals surface area contributed by atoms with E-state index in [1.54, 1.807) is 6.07 Å². The van der Waals surface area contributed by atoms with Gasteiger partial charge in [-0.3, -0.25) is 9.69 Å². The maximum absolute atomic E-state index is 13.0. The zero-order valence-corrected chi connectivity index (χ0v) is 11.2. The number of nitrogens with zero attached hydrogens (tertiary/aromatic N) is 1. The molecule has 0 bridgehead atoms. The molecule has 1 fully saturated rings. The average molecular weight is 287 g/mol. The number of piperidine rings is 1. The van der Waals surface area contributed by atoms with Gasteiger partial charge in [-0.25, -0.2) is 4.39 Å². The van der Waals surface area contributed by atoms with E-state index in [0.29, 0.717) is 24.4 Å². The molecular weight excluding hydrogens is 271 g/mol. The molecule has 104 valence electrons. The molecule has 0 aliphatic carbocycles. The number of primary amides is 1. The van der Waals surface area contributed by atoms with E-state index in [9.17, 15) is 14.3 Å². The summed E-state index contributed by atoms with van der Waals surface area (Å²) in [4.78, 5) is 13.2. The Morgan fingerprint density at radius 1 is 1.58 bits per heavy atom. The first kappa shape index (κ1) is 14.2. The number of β-amino-alcohol motifs (C(OH)–C–C–N with tert-alkyl or cyclic N) is 1. The highest BCUT2D eigenvalue weighted by molar-refractivity contribution is 6.31. The number of amides is 1. The number of benzene rings is 1. The number of hydrogen-bond donors (Lipinski definition) is 2. The topological polar surface area (TPSA) is 66.6 Å². The maximum Gasteiger partial charge on any atom is 0.250 e. The van der Waals surface area contributed by atoms with Crippen LogP contribution in [-0.4, -0.2) is 34.6 Å². The van der Waals surface area contributed by atoms with Gasteiger partial charge in [0.2, 0.25) is 0 Å². The molecule has 0 unspecified atom stereocenters. The fourth-order valence-corrected chi connectivity index (χ4v) is 2.58. The fourth-order valence-electron chi connectivity index (χ4n) is 2.35. The summed E-state index contributed by atoms with van der Waals surface area (Å²) in [7, 11) is 0. The van der Waals surface area contributed by atoms with E-state index in [1.165, 1.54) is 12.1 Å². The van der Waals surface area contributed by atoms with Gasteiger partial charge < -0.3 is 10.8 Å². The van der Waals surface area contributed by atoms with Crippen molar-refractivity contribution in [1.82, 2.24) is 4.90 Å². The lowest BCUT2D eigenvalue weighted by atomic mass is 9.92. The summed E-state index contributed by atoms with van der Waals surface area (Å²) in [5.74, 6) is -1.09. The fraction of sp³-hybridized carbons (Fsp3) is 0.462. The molecule has 1 amide bonds. The second kappa shape index (κ2) is 5.45. The monoisotopic (exact) mass is 286 g/mol. The van der Waals surface area contributed by atoms with E-state index in [0.717, 1.165) is 12.1 Å². The van der Waals surface area contributed by atoms with Crippen molar-refractivity contribution in [2.45, 2.75) is 25.0 Å². The van der Waals surface area contributed by atoms with Gasteiger partial charge in [0.1, 0.15) is 5.82 Å². The summed E-state index contributed by atoms with van der Waals surface area (Å²) < 4.78 is 13.0. The van der Waals surface area contributed by atoms with E-state index in [2.05, 4.69) is 0 Å². The average Bonchev–Trinajstić information content (AvgIpc) is 2.33. The molecule has 1 aliphatic heterocycles. The minimum Gasteiger partial charge on any atom is -0.379 e. The first-order valence-corrected chi connectivity index (χ1v) is 6.47. The third-order valence-corrected chi connectivity index (χ3v) is 3.77. The van der Waals surface area contributed by atoms with E-state index >= 15 is 0 Å². The van der Waals surface area contributed by atoms with Gasteiger partial charge in [-0.05, 0) is 37.1 Å². The third kappa shape index (κ3) is 3.23. The van der Waals surface area contributed by atoms with Gasteiger partial charge >= 0.3 is 0 Å². The van der Waals surface area contributed by atoms with Crippen LogP contribution in [0.15, 0.2) is 18.2 Å². The van der Waals surface area contributed by atoms with Crippen LogP contribution < -0.4 is 5.73 Å². The predicted octanol–water partition coefficient (Wildman–Crippen LogP) is 1.29. The Balaban J connectivity index is 2.09. The summed E-state index contributed by atoms with van der Waals surface area (Å²) in [6.45, 7) is 1.37. The Bertz CT molecular complexity index is 498. The SMILES string of the molecule is NC(=O)[C@]1(O)CCCN(Cc2ccc(F)cc2Cl)C1. The summed E-state index contributed by atoms with van der Waals surface area (Å²) in [6, 6.07) is 4.20. The van der Waals surface area contributed by atoms with E-state index in [4.69, 9.17) is 17.3 Å². The van der Waals surface area contributed by atoms with E-state index in [-0.39, 0.29) is 12.4 Å². The van der Waals surface area contributed by atoms with Crippen molar-refractivity contribution < 1.29 is 14.3 Å². The molecule has 1 saturated heterocycles. The molecule has 1 aliphatic rings. The van der Waals surface area contributed by atoms with Crippen molar-refractivity contribution in [1.29, 1.82) is 0 Å². The normalized spacial score (nSPS) is 24.4. The lowest BCUT2D eigenvalue weighted by Crippen LogP contribution is -2.55. The number of carbonyl (C=O) groups is 1. The van der Waals surface area contributed by atoms with Crippen molar-refractivity contribution in [3.8, 4) is 0 Å². The van der Waals surface area contributed by atoms with Crippen LogP contribution in [0.5, 0.6) is 0 Å². The summed E-state index contributed by atoms with van der Waals surface area (Å²) in [6.07, 6.45) is 1.05.